The molecule has 4 aromatic rings. The molecule has 0 aliphatic rings. The minimum atomic E-state index is -3.85. The summed E-state index contributed by atoms with van der Waals surface area (Å²) in [5.74, 6) is 0. The molecule has 0 amide bonds. The first-order valence-corrected chi connectivity index (χ1v) is 10.1. The van der Waals surface area contributed by atoms with Gasteiger partial charge in [0.2, 0.25) is 10.0 Å². The first-order chi connectivity index (χ1) is 13.4. The van der Waals surface area contributed by atoms with Crippen LogP contribution >= 0.6 is 12.4 Å². The van der Waals surface area contributed by atoms with Crippen LogP contribution in [0.5, 0.6) is 0 Å². The number of nitrogens with two attached hydrogens (primary N) is 1. The fraction of sp³-hybridized carbons (Fsp3) is 0.0476. The monoisotopic (exact) mass is 427 g/mol. The Morgan fingerprint density at radius 1 is 0.862 bits per heavy atom. The summed E-state index contributed by atoms with van der Waals surface area (Å²) < 4.78 is 24.9. The zero-order chi connectivity index (χ0) is 19.7. The Morgan fingerprint density at radius 2 is 1.52 bits per heavy atom. The number of halogens is 1. The molecule has 0 atom stereocenters. The lowest BCUT2D eigenvalue weighted by atomic mass is 10.1. The average molecular weight is 428 g/mol. The first-order valence-electron chi connectivity index (χ1n) is 8.60. The summed E-state index contributed by atoms with van der Waals surface area (Å²) in [6, 6.07) is 23.0. The third-order valence-electron chi connectivity index (χ3n) is 4.48. The maximum atomic E-state index is 12.9. The highest BCUT2D eigenvalue weighted by molar-refractivity contribution is 7.89. The quantitative estimate of drug-likeness (QED) is 0.541. The summed E-state index contributed by atoms with van der Waals surface area (Å²) in [4.78, 5) is 12.9. The van der Waals surface area contributed by atoms with E-state index in [1.807, 2.05) is 36.4 Å². The maximum Gasteiger partial charge on any atom is 0.274 e. The second-order valence-corrected chi connectivity index (χ2v) is 7.98. The molecule has 29 heavy (non-hydrogen) atoms. The summed E-state index contributed by atoms with van der Waals surface area (Å²) in [5.41, 5.74) is 1.84. The summed E-state index contributed by atoms with van der Waals surface area (Å²) >= 11 is 0. The van der Waals surface area contributed by atoms with E-state index in [1.165, 1.54) is 16.8 Å². The summed E-state index contributed by atoms with van der Waals surface area (Å²) in [6.45, 7) is 0.312. The summed E-state index contributed by atoms with van der Waals surface area (Å²) in [6.07, 6.45) is 0. The molecule has 148 valence electrons. The molecule has 1 aromatic heterocycles. The minimum absolute atomic E-state index is 0. The van der Waals surface area contributed by atoms with Gasteiger partial charge in [0.15, 0.2) is 0 Å². The van der Waals surface area contributed by atoms with E-state index >= 15 is 0 Å². The molecule has 0 spiro atoms. The molecule has 4 rings (SSSR count). The number of benzene rings is 3. The molecule has 2 N–H and O–H groups in total. The molecule has 8 heteroatoms. The number of fused-ring (bicyclic) bond motifs is 1. The first kappa shape index (κ1) is 20.7. The van der Waals surface area contributed by atoms with Crippen LogP contribution in [-0.4, -0.2) is 18.2 Å². The second kappa shape index (κ2) is 8.16. The lowest BCUT2D eigenvalue weighted by Gasteiger charge is -2.12. The van der Waals surface area contributed by atoms with Crippen molar-refractivity contribution in [1.29, 1.82) is 0 Å². The molecule has 0 saturated carbocycles. The van der Waals surface area contributed by atoms with Gasteiger partial charge in [-0.15, -0.1) is 12.4 Å². The lowest BCUT2D eigenvalue weighted by molar-refractivity contribution is 0.598. The van der Waals surface area contributed by atoms with Crippen molar-refractivity contribution in [2.75, 3.05) is 0 Å². The van der Waals surface area contributed by atoms with Crippen LogP contribution in [0, 0.1) is 0 Å². The van der Waals surface area contributed by atoms with E-state index in [0.717, 1.165) is 5.56 Å². The Hall–Kier alpha value is -3.00. The number of hydrogen-bond acceptors (Lipinski definition) is 4. The Labute approximate surface area is 174 Å². The van der Waals surface area contributed by atoms with E-state index in [4.69, 9.17) is 5.14 Å². The van der Waals surface area contributed by atoms with Crippen molar-refractivity contribution in [3.63, 3.8) is 0 Å². The van der Waals surface area contributed by atoms with E-state index in [-0.39, 0.29) is 22.9 Å². The number of rotatable bonds is 4. The Bertz CT molecular complexity index is 1340. The third kappa shape index (κ3) is 4.22. The third-order valence-corrected chi connectivity index (χ3v) is 5.39. The highest BCUT2D eigenvalue weighted by Gasteiger charge is 2.15. The van der Waals surface area contributed by atoms with E-state index in [9.17, 15) is 13.2 Å². The van der Waals surface area contributed by atoms with E-state index in [0.29, 0.717) is 28.6 Å². The molecule has 0 radical (unpaired) electrons. The van der Waals surface area contributed by atoms with Gasteiger partial charge in [-0.05, 0) is 23.8 Å². The van der Waals surface area contributed by atoms with Crippen LogP contribution in [0.25, 0.3) is 22.0 Å². The van der Waals surface area contributed by atoms with Crippen molar-refractivity contribution >= 4 is 33.2 Å². The minimum Gasteiger partial charge on any atom is -0.267 e. The van der Waals surface area contributed by atoms with Gasteiger partial charge in [0.05, 0.1) is 22.5 Å². The molecule has 1 heterocycles. The summed E-state index contributed by atoms with van der Waals surface area (Å²) in [7, 11) is -3.85. The van der Waals surface area contributed by atoms with E-state index < -0.39 is 10.0 Å². The van der Waals surface area contributed by atoms with Gasteiger partial charge >= 0.3 is 0 Å². The molecule has 0 bridgehead atoms. The van der Waals surface area contributed by atoms with Gasteiger partial charge in [0, 0.05) is 10.9 Å². The Kier molecular flexibility index (Phi) is 5.83. The van der Waals surface area contributed by atoms with Crippen LogP contribution < -0.4 is 10.7 Å². The number of nitrogens with zero attached hydrogens (tertiary/aromatic N) is 2. The Balaban J connectivity index is 0.00000240. The zero-order valence-corrected chi connectivity index (χ0v) is 16.9. The molecule has 6 nitrogen and oxygen atoms in total. The van der Waals surface area contributed by atoms with Crippen LogP contribution in [-0.2, 0) is 16.6 Å². The zero-order valence-electron chi connectivity index (χ0n) is 15.2. The molecule has 0 aliphatic heterocycles. The van der Waals surface area contributed by atoms with Crippen molar-refractivity contribution in [2.24, 2.45) is 5.14 Å². The van der Waals surface area contributed by atoms with Crippen LogP contribution in [0.2, 0.25) is 0 Å². The smallest absolute Gasteiger partial charge is 0.267 e. The fourth-order valence-electron chi connectivity index (χ4n) is 3.13. The highest BCUT2D eigenvalue weighted by Crippen LogP contribution is 2.26. The topological polar surface area (TPSA) is 95.1 Å². The number of aromatic nitrogens is 2. The molecular weight excluding hydrogens is 410 g/mol. The molecule has 0 fully saturated rings. The highest BCUT2D eigenvalue weighted by atomic mass is 35.5. The lowest BCUT2D eigenvalue weighted by Crippen LogP contribution is -2.24. The van der Waals surface area contributed by atoms with Gasteiger partial charge in [-0.2, -0.15) is 5.10 Å². The van der Waals surface area contributed by atoms with Crippen LogP contribution in [0.1, 0.15) is 5.56 Å². The molecule has 0 saturated heterocycles. The van der Waals surface area contributed by atoms with Crippen LogP contribution in [0.3, 0.4) is 0 Å². The average Bonchev–Trinajstić information content (AvgIpc) is 2.70. The second-order valence-electron chi connectivity index (χ2n) is 6.42. The largest absolute Gasteiger partial charge is 0.274 e. The van der Waals surface area contributed by atoms with Gasteiger partial charge in [-0.25, -0.2) is 18.2 Å². The summed E-state index contributed by atoms with van der Waals surface area (Å²) in [5, 5.41) is 11.0. The molecular formula is C21H18ClN3O3S. The van der Waals surface area contributed by atoms with Gasteiger partial charge in [-0.3, -0.25) is 4.79 Å². The molecule has 0 unspecified atom stereocenters. The van der Waals surface area contributed by atoms with Crippen LogP contribution in [0.15, 0.2) is 88.6 Å². The number of sulfonamides is 1. The molecule has 3 aromatic carbocycles. The van der Waals surface area contributed by atoms with Crippen LogP contribution in [0.4, 0.5) is 0 Å². The predicted octanol–water partition coefficient (Wildman–Crippen LogP) is 3.18. The van der Waals surface area contributed by atoms with Crippen molar-refractivity contribution in [1.82, 2.24) is 9.78 Å². The van der Waals surface area contributed by atoms with Gasteiger partial charge in [0.1, 0.15) is 0 Å². The van der Waals surface area contributed by atoms with Crippen molar-refractivity contribution < 1.29 is 8.42 Å². The fourth-order valence-corrected chi connectivity index (χ4v) is 3.69. The molecule has 0 aliphatic carbocycles. The number of primary sulfonamides is 1. The maximum absolute atomic E-state index is 12.9. The van der Waals surface area contributed by atoms with Gasteiger partial charge in [0.25, 0.3) is 5.56 Å². The Morgan fingerprint density at radius 3 is 2.21 bits per heavy atom. The predicted molar refractivity (Wildman–Crippen MR) is 116 cm³/mol. The van der Waals surface area contributed by atoms with Crippen molar-refractivity contribution in [3.05, 3.63) is 94.8 Å². The van der Waals surface area contributed by atoms with Crippen molar-refractivity contribution in [3.8, 4) is 11.3 Å². The number of hydrogen-bond donors (Lipinski definition) is 1. The normalized spacial score (nSPS) is 11.2. The van der Waals surface area contributed by atoms with E-state index in [1.54, 1.807) is 30.3 Å². The van der Waals surface area contributed by atoms with Gasteiger partial charge < -0.3 is 0 Å². The standard InChI is InChI=1S/C21H17N3O3S.ClH/c22-28(26,27)17-10-6-9-16(13-17)20-18-11-4-5-12-19(18)21(25)24(23-20)14-15-7-2-1-3-8-15;/h1-13H,14H2,(H2,22,26,27);1H. The van der Waals surface area contributed by atoms with Crippen molar-refractivity contribution in [2.45, 2.75) is 11.4 Å². The van der Waals surface area contributed by atoms with Gasteiger partial charge in [-0.1, -0.05) is 60.7 Å². The SMILES string of the molecule is Cl.NS(=O)(=O)c1cccc(-c2nn(Cc3ccccc3)c(=O)c3ccccc23)c1. The van der Waals surface area contributed by atoms with E-state index in [2.05, 4.69) is 5.10 Å².